The zero-order valence-electron chi connectivity index (χ0n) is 14.4. The van der Waals surface area contributed by atoms with Crippen LogP contribution in [-0.2, 0) is 6.42 Å². The molecule has 0 aliphatic rings. The van der Waals surface area contributed by atoms with Gasteiger partial charge in [-0.2, -0.15) is 0 Å². The fourth-order valence-corrected chi connectivity index (χ4v) is 3.10. The topological polar surface area (TPSA) is 79.9 Å². The molecule has 7 heteroatoms. The van der Waals surface area contributed by atoms with Gasteiger partial charge < -0.3 is 9.72 Å². The minimum Gasteiger partial charge on any atom is -0.493 e. The maximum atomic E-state index is 12.2. The van der Waals surface area contributed by atoms with Gasteiger partial charge in [0.25, 0.3) is 5.91 Å². The van der Waals surface area contributed by atoms with Gasteiger partial charge in [-0.25, -0.2) is 0 Å². The molecule has 0 spiro atoms. The number of hydrogen-bond donors (Lipinski definition) is 2. The van der Waals surface area contributed by atoms with E-state index >= 15 is 0 Å². The van der Waals surface area contributed by atoms with E-state index < -0.39 is 0 Å². The lowest BCUT2D eigenvalue weighted by atomic mass is 10.1. The molecule has 1 aromatic carbocycles. The average molecular weight is 356 g/mol. The number of carbonyl (C=O) groups excluding carboxylic acids is 1. The van der Waals surface area contributed by atoms with Crippen molar-refractivity contribution in [3.63, 3.8) is 0 Å². The van der Waals surface area contributed by atoms with E-state index in [1.807, 2.05) is 32.9 Å². The van der Waals surface area contributed by atoms with E-state index in [1.165, 1.54) is 16.9 Å². The number of aryl methyl sites for hydroxylation is 3. The lowest BCUT2D eigenvalue weighted by Crippen LogP contribution is -2.12. The highest BCUT2D eigenvalue weighted by atomic mass is 32.1. The predicted octanol–water partition coefficient (Wildman–Crippen LogP) is 3.67. The molecule has 0 aliphatic carbocycles. The van der Waals surface area contributed by atoms with Crippen molar-refractivity contribution in [3.05, 3.63) is 57.9 Å². The summed E-state index contributed by atoms with van der Waals surface area (Å²) in [5, 5.41) is 12.2. The van der Waals surface area contributed by atoms with Crippen molar-refractivity contribution in [1.82, 2.24) is 15.2 Å². The van der Waals surface area contributed by atoms with Crippen molar-refractivity contribution in [2.45, 2.75) is 27.2 Å². The number of hydrogen-bond acceptors (Lipinski definition) is 5. The second-order valence-electron chi connectivity index (χ2n) is 5.84. The summed E-state index contributed by atoms with van der Waals surface area (Å²) in [4.78, 5) is 15.1. The van der Waals surface area contributed by atoms with E-state index in [0.717, 1.165) is 22.0 Å². The van der Waals surface area contributed by atoms with Gasteiger partial charge in [0.05, 0.1) is 12.2 Å². The molecule has 2 heterocycles. The average Bonchev–Trinajstić information content (AvgIpc) is 3.19. The molecule has 130 valence electrons. The van der Waals surface area contributed by atoms with E-state index in [2.05, 4.69) is 26.6 Å². The van der Waals surface area contributed by atoms with Gasteiger partial charge in [-0.3, -0.25) is 10.1 Å². The van der Waals surface area contributed by atoms with Gasteiger partial charge in [0, 0.05) is 18.3 Å². The summed E-state index contributed by atoms with van der Waals surface area (Å²) in [7, 11) is 0. The monoisotopic (exact) mass is 356 g/mol. The number of ether oxygens (including phenoxy) is 1. The summed E-state index contributed by atoms with van der Waals surface area (Å²) >= 11 is 1.36. The number of aromatic nitrogens is 3. The van der Waals surface area contributed by atoms with Crippen molar-refractivity contribution in [2.24, 2.45) is 0 Å². The Kier molecular flexibility index (Phi) is 5.14. The SMILES string of the molecule is Cc1ccc(C)c(OCCc2nnc(NC(=O)c3cc[nH]c3C)s2)c1. The number of amides is 1. The van der Waals surface area contributed by atoms with E-state index in [4.69, 9.17) is 4.74 Å². The third kappa shape index (κ3) is 4.24. The van der Waals surface area contributed by atoms with Crippen molar-refractivity contribution >= 4 is 22.4 Å². The molecule has 3 rings (SSSR count). The summed E-state index contributed by atoms with van der Waals surface area (Å²) in [6, 6.07) is 7.88. The fourth-order valence-electron chi connectivity index (χ4n) is 2.38. The zero-order chi connectivity index (χ0) is 17.8. The second-order valence-corrected chi connectivity index (χ2v) is 6.90. The number of aromatic amines is 1. The van der Waals surface area contributed by atoms with Crippen LogP contribution in [0.15, 0.2) is 30.5 Å². The Balaban J connectivity index is 1.54. The zero-order valence-corrected chi connectivity index (χ0v) is 15.2. The van der Waals surface area contributed by atoms with Crippen LogP contribution in [0.3, 0.4) is 0 Å². The summed E-state index contributed by atoms with van der Waals surface area (Å²) in [6.45, 7) is 6.43. The molecule has 0 atom stereocenters. The minimum absolute atomic E-state index is 0.187. The molecule has 0 unspecified atom stereocenters. The second kappa shape index (κ2) is 7.48. The molecule has 3 aromatic rings. The molecule has 0 saturated heterocycles. The lowest BCUT2D eigenvalue weighted by molar-refractivity contribution is 0.102. The highest BCUT2D eigenvalue weighted by Gasteiger charge is 2.13. The summed E-state index contributed by atoms with van der Waals surface area (Å²) in [5.41, 5.74) is 3.71. The first-order valence-electron chi connectivity index (χ1n) is 8.00. The molecule has 1 amide bonds. The van der Waals surface area contributed by atoms with Crippen molar-refractivity contribution in [3.8, 4) is 5.75 Å². The quantitative estimate of drug-likeness (QED) is 0.706. The number of nitrogens with one attached hydrogen (secondary N) is 2. The molecular weight excluding hydrogens is 336 g/mol. The fraction of sp³-hybridized carbons (Fsp3) is 0.278. The standard InChI is InChI=1S/C18H20N4O2S/c1-11-4-5-12(2)15(10-11)24-9-7-16-21-22-18(25-16)20-17(23)14-6-8-19-13(14)3/h4-6,8,10,19H,7,9H2,1-3H3,(H,20,22,23). The Morgan fingerprint density at radius 2 is 2.08 bits per heavy atom. The lowest BCUT2D eigenvalue weighted by Gasteiger charge is -2.08. The summed E-state index contributed by atoms with van der Waals surface area (Å²) in [6.07, 6.45) is 2.38. The molecule has 0 radical (unpaired) electrons. The smallest absolute Gasteiger partial charge is 0.259 e. The van der Waals surface area contributed by atoms with Crippen LogP contribution in [-0.4, -0.2) is 27.7 Å². The van der Waals surface area contributed by atoms with E-state index in [0.29, 0.717) is 23.7 Å². The Morgan fingerprint density at radius 3 is 2.84 bits per heavy atom. The van der Waals surface area contributed by atoms with Crippen LogP contribution in [0.25, 0.3) is 0 Å². The Labute approximate surface area is 150 Å². The van der Waals surface area contributed by atoms with Crippen LogP contribution in [0, 0.1) is 20.8 Å². The first kappa shape index (κ1) is 17.2. The van der Waals surface area contributed by atoms with Crippen LogP contribution >= 0.6 is 11.3 Å². The molecule has 2 N–H and O–H groups in total. The van der Waals surface area contributed by atoms with Crippen LogP contribution in [0.4, 0.5) is 5.13 Å². The van der Waals surface area contributed by atoms with Gasteiger partial charge in [0.1, 0.15) is 10.8 Å². The van der Waals surface area contributed by atoms with Crippen molar-refractivity contribution < 1.29 is 9.53 Å². The van der Waals surface area contributed by atoms with E-state index in [1.54, 1.807) is 12.3 Å². The first-order chi connectivity index (χ1) is 12.0. The molecular formula is C18H20N4O2S. The molecule has 0 saturated carbocycles. The molecule has 0 fully saturated rings. The summed E-state index contributed by atoms with van der Waals surface area (Å²) in [5.74, 6) is 0.703. The first-order valence-corrected chi connectivity index (χ1v) is 8.82. The van der Waals surface area contributed by atoms with Crippen LogP contribution in [0.2, 0.25) is 0 Å². The van der Waals surface area contributed by atoms with Gasteiger partial charge in [0.2, 0.25) is 5.13 Å². The van der Waals surface area contributed by atoms with E-state index in [9.17, 15) is 4.79 Å². The predicted molar refractivity (Wildman–Crippen MR) is 98.5 cm³/mol. The minimum atomic E-state index is -0.187. The van der Waals surface area contributed by atoms with Gasteiger partial charge in [0.15, 0.2) is 0 Å². The normalized spacial score (nSPS) is 10.7. The maximum Gasteiger partial charge on any atom is 0.259 e. The van der Waals surface area contributed by atoms with Crippen LogP contribution in [0.1, 0.15) is 32.2 Å². The maximum absolute atomic E-state index is 12.2. The number of H-pyrrole nitrogens is 1. The highest BCUT2D eigenvalue weighted by molar-refractivity contribution is 7.15. The van der Waals surface area contributed by atoms with Crippen molar-refractivity contribution in [2.75, 3.05) is 11.9 Å². The van der Waals surface area contributed by atoms with Crippen molar-refractivity contribution in [1.29, 1.82) is 0 Å². The summed E-state index contributed by atoms with van der Waals surface area (Å²) < 4.78 is 5.83. The highest BCUT2D eigenvalue weighted by Crippen LogP contribution is 2.21. The van der Waals surface area contributed by atoms with E-state index in [-0.39, 0.29) is 5.91 Å². The Bertz CT molecular complexity index is 885. The Hall–Kier alpha value is -2.67. The molecule has 0 bridgehead atoms. The number of rotatable bonds is 6. The van der Waals surface area contributed by atoms with Crippen LogP contribution in [0.5, 0.6) is 5.75 Å². The van der Waals surface area contributed by atoms with Gasteiger partial charge in [-0.05, 0) is 44.0 Å². The third-order valence-electron chi connectivity index (χ3n) is 3.80. The van der Waals surface area contributed by atoms with Gasteiger partial charge >= 0.3 is 0 Å². The number of anilines is 1. The molecule has 6 nitrogen and oxygen atoms in total. The molecule has 2 aromatic heterocycles. The third-order valence-corrected chi connectivity index (χ3v) is 4.70. The number of carbonyl (C=O) groups is 1. The van der Waals surface area contributed by atoms with Gasteiger partial charge in [-0.15, -0.1) is 10.2 Å². The molecule has 25 heavy (non-hydrogen) atoms. The van der Waals surface area contributed by atoms with Gasteiger partial charge in [-0.1, -0.05) is 23.5 Å². The largest absolute Gasteiger partial charge is 0.493 e. The van der Waals surface area contributed by atoms with Crippen LogP contribution < -0.4 is 10.1 Å². The Morgan fingerprint density at radius 1 is 1.24 bits per heavy atom. The number of nitrogens with zero attached hydrogens (tertiary/aromatic N) is 2. The number of benzene rings is 1. The molecule has 0 aliphatic heterocycles.